The molecule has 0 atom stereocenters. The number of carbonyl (C=O) groups excluding carboxylic acids is 1. The summed E-state index contributed by atoms with van der Waals surface area (Å²) in [5.74, 6) is -0.246. The van der Waals surface area contributed by atoms with Gasteiger partial charge in [-0.3, -0.25) is 14.8 Å². The summed E-state index contributed by atoms with van der Waals surface area (Å²) < 4.78 is 0. The first-order valence-corrected chi connectivity index (χ1v) is 9.04. The summed E-state index contributed by atoms with van der Waals surface area (Å²) in [6.45, 7) is 2.73. The number of carbonyl (C=O) groups is 1. The quantitative estimate of drug-likeness (QED) is 0.689. The number of aryl methyl sites for hydroxylation is 1. The molecule has 1 amide bonds. The zero-order chi connectivity index (χ0) is 19.2. The van der Waals surface area contributed by atoms with Crippen molar-refractivity contribution >= 4 is 28.9 Å². The van der Waals surface area contributed by atoms with Crippen molar-refractivity contribution in [3.05, 3.63) is 82.9 Å². The van der Waals surface area contributed by atoms with Gasteiger partial charge in [-0.05, 0) is 66.9 Å². The molecule has 1 N–H and O–H groups in total. The van der Waals surface area contributed by atoms with Gasteiger partial charge in [0.15, 0.2) is 0 Å². The molecule has 0 aliphatic carbocycles. The molecule has 1 aromatic carbocycles. The molecule has 27 heavy (non-hydrogen) atoms. The number of pyridine rings is 2. The summed E-state index contributed by atoms with van der Waals surface area (Å²) in [4.78, 5) is 22.9. The number of hydrogen-bond donors (Lipinski definition) is 1. The van der Waals surface area contributed by atoms with E-state index in [0.29, 0.717) is 10.7 Å². The van der Waals surface area contributed by atoms with Gasteiger partial charge >= 0.3 is 0 Å². The van der Waals surface area contributed by atoms with E-state index >= 15 is 0 Å². The summed E-state index contributed by atoms with van der Waals surface area (Å²) in [7, 11) is 2.00. The Morgan fingerprint density at radius 2 is 1.89 bits per heavy atom. The van der Waals surface area contributed by atoms with Crippen molar-refractivity contribution in [2.75, 3.05) is 23.8 Å². The summed E-state index contributed by atoms with van der Waals surface area (Å²) >= 11 is 5.97. The topological polar surface area (TPSA) is 58.1 Å². The Morgan fingerprint density at radius 1 is 1.11 bits per heavy atom. The molecule has 0 fully saturated rings. The maximum atomic E-state index is 12.6. The van der Waals surface area contributed by atoms with Crippen molar-refractivity contribution in [3.8, 4) is 0 Å². The van der Waals surface area contributed by atoms with E-state index in [1.165, 1.54) is 5.56 Å². The molecular formula is C21H21ClN4O. The lowest BCUT2D eigenvalue weighted by molar-refractivity contribution is 0.102. The van der Waals surface area contributed by atoms with E-state index in [1.807, 2.05) is 38.2 Å². The lowest BCUT2D eigenvalue weighted by Gasteiger charge is -2.19. The van der Waals surface area contributed by atoms with Crippen LogP contribution in [-0.4, -0.2) is 29.5 Å². The Morgan fingerprint density at radius 3 is 2.63 bits per heavy atom. The Balaban J connectivity index is 1.67. The second kappa shape index (κ2) is 8.64. The molecule has 3 rings (SSSR count). The second-order valence-corrected chi connectivity index (χ2v) is 6.78. The average Bonchev–Trinajstić information content (AvgIpc) is 2.69. The standard InChI is InChI=1S/C21H21ClN4O/c1-15-13-17(22)3-4-19(15)25-21(27)20-14-18(7-11-24-20)26(2)12-8-16-5-9-23-10-6-16/h3-7,9-11,13-14H,8,12H2,1-2H3,(H,25,27). The van der Waals surface area contributed by atoms with Crippen molar-refractivity contribution in [2.45, 2.75) is 13.3 Å². The fourth-order valence-corrected chi connectivity index (χ4v) is 2.94. The Bertz CT molecular complexity index is 930. The molecule has 0 spiro atoms. The van der Waals surface area contributed by atoms with Crippen LogP contribution in [0.25, 0.3) is 0 Å². The Kier molecular flexibility index (Phi) is 6.04. The minimum atomic E-state index is -0.246. The number of amides is 1. The zero-order valence-corrected chi connectivity index (χ0v) is 16.1. The third-order valence-corrected chi connectivity index (χ3v) is 4.57. The highest BCUT2D eigenvalue weighted by atomic mass is 35.5. The van der Waals surface area contributed by atoms with Crippen molar-refractivity contribution < 1.29 is 4.79 Å². The van der Waals surface area contributed by atoms with Crippen LogP contribution in [0.15, 0.2) is 61.1 Å². The molecule has 0 saturated heterocycles. The molecule has 5 nitrogen and oxygen atoms in total. The Hall–Kier alpha value is -2.92. The maximum Gasteiger partial charge on any atom is 0.274 e. The fraction of sp³-hybridized carbons (Fsp3) is 0.190. The van der Waals surface area contributed by atoms with Gasteiger partial charge in [-0.15, -0.1) is 0 Å². The van der Waals surface area contributed by atoms with Crippen molar-refractivity contribution in [2.24, 2.45) is 0 Å². The molecule has 0 unspecified atom stereocenters. The van der Waals surface area contributed by atoms with Crippen molar-refractivity contribution in [1.82, 2.24) is 9.97 Å². The minimum Gasteiger partial charge on any atom is -0.374 e. The van der Waals surface area contributed by atoms with Crippen LogP contribution in [0.1, 0.15) is 21.6 Å². The van der Waals surface area contributed by atoms with Gasteiger partial charge in [-0.25, -0.2) is 0 Å². The molecule has 0 aliphatic rings. The van der Waals surface area contributed by atoms with Crippen LogP contribution in [0.4, 0.5) is 11.4 Å². The number of aromatic nitrogens is 2. The first kappa shape index (κ1) is 18.9. The van der Waals surface area contributed by atoms with Gasteiger partial charge in [0, 0.05) is 48.6 Å². The highest BCUT2D eigenvalue weighted by molar-refractivity contribution is 6.30. The van der Waals surface area contributed by atoms with Gasteiger partial charge in [0.05, 0.1) is 0 Å². The van der Waals surface area contributed by atoms with Gasteiger partial charge in [-0.2, -0.15) is 0 Å². The van der Waals surface area contributed by atoms with Gasteiger partial charge < -0.3 is 10.2 Å². The first-order chi connectivity index (χ1) is 13.0. The van der Waals surface area contributed by atoms with Crippen LogP contribution in [0.3, 0.4) is 0 Å². The SMILES string of the molecule is Cc1cc(Cl)ccc1NC(=O)c1cc(N(C)CCc2ccncc2)ccn1. The maximum absolute atomic E-state index is 12.6. The van der Waals surface area contributed by atoms with Crippen LogP contribution >= 0.6 is 11.6 Å². The van der Waals surface area contributed by atoms with E-state index in [-0.39, 0.29) is 5.91 Å². The summed E-state index contributed by atoms with van der Waals surface area (Å²) in [5.41, 5.74) is 4.17. The van der Waals surface area contributed by atoms with Crippen LogP contribution < -0.4 is 10.2 Å². The third kappa shape index (κ3) is 5.05. The molecule has 2 aromatic heterocycles. The van der Waals surface area contributed by atoms with Gasteiger partial charge in [0.25, 0.3) is 5.91 Å². The number of hydrogen-bond acceptors (Lipinski definition) is 4. The number of nitrogens with zero attached hydrogens (tertiary/aromatic N) is 3. The normalized spacial score (nSPS) is 10.5. The summed E-state index contributed by atoms with van der Waals surface area (Å²) in [6, 6.07) is 13.1. The van der Waals surface area contributed by atoms with E-state index in [1.54, 1.807) is 36.8 Å². The number of halogens is 1. The van der Waals surface area contributed by atoms with Crippen LogP contribution in [0.2, 0.25) is 5.02 Å². The molecule has 0 bridgehead atoms. The predicted octanol–water partition coefficient (Wildman–Crippen LogP) is 4.37. The van der Waals surface area contributed by atoms with Crippen molar-refractivity contribution in [3.63, 3.8) is 0 Å². The molecule has 0 aliphatic heterocycles. The van der Waals surface area contributed by atoms with Crippen LogP contribution in [0, 0.1) is 6.92 Å². The fourth-order valence-electron chi connectivity index (χ4n) is 2.71. The minimum absolute atomic E-state index is 0.246. The number of benzene rings is 1. The zero-order valence-electron chi connectivity index (χ0n) is 15.3. The van der Waals surface area contributed by atoms with Crippen LogP contribution in [-0.2, 0) is 6.42 Å². The van der Waals surface area contributed by atoms with E-state index < -0.39 is 0 Å². The third-order valence-electron chi connectivity index (χ3n) is 4.34. The van der Waals surface area contributed by atoms with Gasteiger partial charge in [0.2, 0.25) is 0 Å². The van der Waals surface area contributed by atoms with E-state index in [0.717, 1.165) is 29.9 Å². The number of anilines is 2. The Labute approximate surface area is 164 Å². The molecule has 6 heteroatoms. The van der Waals surface area contributed by atoms with Crippen LogP contribution in [0.5, 0.6) is 0 Å². The highest BCUT2D eigenvalue weighted by Crippen LogP contribution is 2.21. The van der Waals surface area contributed by atoms with Crippen molar-refractivity contribution in [1.29, 1.82) is 0 Å². The van der Waals surface area contributed by atoms with E-state index in [2.05, 4.69) is 20.2 Å². The highest BCUT2D eigenvalue weighted by Gasteiger charge is 2.11. The first-order valence-electron chi connectivity index (χ1n) is 8.66. The lowest BCUT2D eigenvalue weighted by Crippen LogP contribution is -2.21. The molecule has 2 heterocycles. The number of likely N-dealkylation sites (N-methyl/N-ethyl adjacent to an activating group) is 1. The molecule has 0 saturated carbocycles. The molecule has 138 valence electrons. The number of rotatable bonds is 6. The second-order valence-electron chi connectivity index (χ2n) is 6.34. The molecular weight excluding hydrogens is 360 g/mol. The smallest absolute Gasteiger partial charge is 0.274 e. The number of nitrogens with one attached hydrogen (secondary N) is 1. The lowest BCUT2D eigenvalue weighted by atomic mass is 10.2. The summed E-state index contributed by atoms with van der Waals surface area (Å²) in [5, 5.41) is 3.53. The van der Waals surface area contributed by atoms with Gasteiger partial charge in [-0.1, -0.05) is 11.6 Å². The molecule has 0 radical (unpaired) electrons. The molecule has 3 aromatic rings. The summed E-state index contributed by atoms with van der Waals surface area (Å²) in [6.07, 6.45) is 6.14. The monoisotopic (exact) mass is 380 g/mol. The van der Waals surface area contributed by atoms with E-state index in [9.17, 15) is 4.79 Å². The van der Waals surface area contributed by atoms with Gasteiger partial charge in [0.1, 0.15) is 5.69 Å². The largest absolute Gasteiger partial charge is 0.374 e. The van der Waals surface area contributed by atoms with E-state index in [4.69, 9.17) is 11.6 Å². The predicted molar refractivity (Wildman–Crippen MR) is 110 cm³/mol. The average molecular weight is 381 g/mol.